The first-order valence-electron chi connectivity index (χ1n) is 5.44. The topological polar surface area (TPSA) is 113 Å². The molecule has 2 heterocycles. The minimum absolute atomic E-state index is 0.216. The van der Waals surface area contributed by atoms with Crippen molar-refractivity contribution in [2.75, 3.05) is 7.11 Å². The lowest BCUT2D eigenvalue weighted by Gasteiger charge is -2.15. The highest BCUT2D eigenvalue weighted by Crippen LogP contribution is 2.22. The van der Waals surface area contributed by atoms with Gasteiger partial charge in [-0.1, -0.05) is 0 Å². The van der Waals surface area contributed by atoms with Crippen LogP contribution < -0.4 is 0 Å². The first-order chi connectivity index (χ1) is 9.08. The molecule has 100 valence electrons. The number of esters is 1. The molecule has 2 unspecified atom stereocenters. The predicted molar refractivity (Wildman–Crippen MR) is 64.5 cm³/mol. The van der Waals surface area contributed by atoms with Crippen LogP contribution in [0, 0.1) is 0 Å². The number of aldehydes is 1. The number of pyridine rings is 1. The molecule has 2 rings (SSSR count). The van der Waals surface area contributed by atoms with Gasteiger partial charge in [0.25, 0.3) is 0 Å². The van der Waals surface area contributed by atoms with Gasteiger partial charge in [-0.15, -0.1) is 0 Å². The van der Waals surface area contributed by atoms with Crippen LogP contribution in [0.5, 0.6) is 0 Å². The van der Waals surface area contributed by atoms with Gasteiger partial charge in [-0.3, -0.25) is 4.79 Å². The average Bonchev–Trinajstić information content (AvgIpc) is 2.86. The molecule has 0 fully saturated rings. The third-order valence-electron chi connectivity index (χ3n) is 2.79. The average molecular weight is 264 g/mol. The van der Waals surface area contributed by atoms with E-state index in [1.807, 2.05) is 0 Å². The Kier molecular flexibility index (Phi) is 3.59. The van der Waals surface area contributed by atoms with E-state index in [-0.39, 0.29) is 5.56 Å². The molecule has 0 aliphatic heterocycles. The van der Waals surface area contributed by atoms with Gasteiger partial charge in [0.05, 0.1) is 7.11 Å². The van der Waals surface area contributed by atoms with E-state index in [9.17, 15) is 19.8 Å². The number of fused-ring (bicyclic) bond motifs is 1. The number of hydrogen-bond donors (Lipinski definition) is 3. The number of aromatic nitrogens is 2. The van der Waals surface area contributed by atoms with Crippen molar-refractivity contribution < 1.29 is 24.5 Å². The van der Waals surface area contributed by atoms with Crippen LogP contribution >= 0.6 is 0 Å². The molecule has 7 heteroatoms. The van der Waals surface area contributed by atoms with Gasteiger partial charge in [-0.25, -0.2) is 9.78 Å². The Morgan fingerprint density at radius 2 is 2.26 bits per heavy atom. The van der Waals surface area contributed by atoms with Crippen molar-refractivity contribution in [3.05, 3.63) is 29.6 Å². The van der Waals surface area contributed by atoms with Gasteiger partial charge in [0.15, 0.2) is 12.4 Å². The van der Waals surface area contributed by atoms with Gasteiger partial charge in [0.1, 0.15) is 11.8 Å². The van der Waals surface area contributed by atoms with Crippen molar-refractivity contribution in [1.29, 1.82) is 0 Å². The SMILES string of the molecule is COC(=O)C(O)C(O)c1cnc2[nH]cc(C=O)c2c1. The molecule has 2 aromatic heterocycles. The van der Waals surface area contributed by atoms with E-state index in [0.717, 1.165) is 7.11 Å². The zero-order chi connectivity index (χ0) is 14.0. The number of aliphatic hydroxyl groups excluding tert-OH is 2. The molecule has 0 amide bonds. The van der Waals surface area contributed by atoms with Crippen molar-refractivity contribution in [3.63, 3.8) is 0 Å². The van der Waals surface area contributed by atoms with Crippen molar-refractivity contribution in [2.45, 2.75) is 12.2 Å². The fraction of sp³-hybridized carbons (Fsp3) is 0.250. The molecule has 3 N–H and O–H groups in total. The van der Waals surface area contributed by atoms with Crippen LogP contribution in [-0.2, 0) is 9.53 Å². The summed E-state index contributed by atoms with van der Waals surface area (Å²) in [4.78, 5) is 28.8. The van der Waals surface area contributed by atoms with E-state index in [1.165, 1.54) is 18.5 Å². The van der Waals surface area contributed by atoms with Gasteiger partial charge in [0, 0.05) is 28.9 Å². The maximum Gasteiger partial charge on any atom is 0.337 e. The summed E-state index contributed by atoms with van der Waals surface area (Å²) in [5.41, 5.74) is 1.07. The standard InChI is InChI=1S/C12H12N2O5/c1-19-12(18)10(17)9(16)6-2-8-7(5-15)4-14-11(8)13-3-6/h2-5,9-10,16-17H,1H3,(H,13,14). The molecular formula is C12H12N2O5. The summed E-state index contributed by atoms with van der Waals surface area (Å²) in [7, 11) is 1.11. The van der Waals surface area contributed by atoms with Gasteiger partial charge < -0.3 is 19.9 Å². The number of rotatable bonds is 4. The third-order valence-corrected chi connectivity index (χ3v) is 2.79. The van der Waals surface area contributed by atoms with Crippen LogP contribution in [0.4, 0.5) is 0 Å². The second-order valence-electron chi connectivity index (χ2n) is 3.94. The summed E-state index contributed by atoms with van der Waals surface area (Å²) in [5, 5.41) is 19.9. The minimum atomic E-state index is -1.71. The van der Waals surface area contributed by atoms with Gasteiger partial charge in [-0.2, -0.15) is 0 Å². The van der Waals surface area contributed by atoms with E-state index in [2.05, 4.69) is 14.7 Å². The van der Waals surface area contributed by atoms with Crippen LogP contribution in [-0.4, -0.2) is 45.7 Å². The summed E-state index contributed by atoms with van der Waals surface area (Å²) in [6.07, 6.45) is 0.261. The lowest BCUT2D eigenvalue weighted by atomic mass is 10.0. The highest BCUT2D eigenvalue weighted by Gasteiger charge is 2.27. The molecule has 0 bridgehead atoms. The van der Waals surface area contributed by atoms with Crippen LogP contribution in [0.2, 0.25) is 0 Å². The fourth-order valence-electron chi connectivity index (χ4n) is 1.73. The Morgan fingerprint density at radius 1 is 1.53 bits per heavy atom. The molecule has 2 aromatic rings. The summed E-state index contributed by atoms with van der Waals surface area (Å²) in [6, 6.07) is 1.49. The number of carbonyl (C=O) groups is 2. The van der Waals surface area contributed by atoms with E-state index in [1.54, 1.807) is 0 Å². The Hall–Kier alpha value is -2.25. The molecule has 19 heavy (non-hydrogen) atoms. The lowest BCUT2D eigenvalue weighted by molar-refractivity contribution is -0.156. The lowest BCUT2D eigenvalue weighted by Crippen LogP contribution is -2.29. The minimum Gasteiger partial charge on any atom is -0.467 e. The number of aromatic amines is 1. The Balaban J connectivity index is 2.39. The molecule has 2 atom stereocenters. The number of nitrogens with one attached hydrogen (secondary N) is 1. The smallest absolute Gasteiger partial charge is 0.337 e. The fourth-order valence-corrected chi connectivity index (χ4v) is 1.73. The quantitative estimate of drug-likeness (QED) is 0.527. The summed E-state index contributed by atoms with van der Waals surface area (Å²) >= 11 is 0. The van der Waals surface area contributed by atoms with Crippen LogP contribution in [0.1, 0.15) is 22.0 Å². The molecule has 0 saturated carbocycles. The molecular weight excluding hydrogens is 252 g/mol. The summed E-state index contributed by atoms with van der Waals surface area (Å²) in [5.74, 6) is -0.947. The first kappa shape index (κ1) is 13.2. The zero-order valence-electron chi connectivity index (χ0n) is 10.0. The van der Waals surface area contributed by atoms with Gasteiger partial charge in [0.2, 0.25) is 0 Å². The molecule has 0 saturated heterocycles. The van der Waals surface area contributed by atoms with E-state index >= 15 is 0 Å². The second kappa shape index (κ2) is 5.17. The van der Waals surface area contributed by atoms with Crippen LogP contribution in [0.25, 0.3) is 11.0 Å². The zero-order valence-corrected chi connectivity index (χ0v) is 10.0. The number of H-pyrrole nitrogens is 1. The Bertz CT molecular complexity index is 622. The molecule has 0 spiro atoms. The number of aliphatic hydroxyl groups is 2. The molecule has 0 aliphatic rings. The number of carbonyl (C=O) groups excluding carboxylic acids is 2. The van der Waals surface area contributed by atoms with Crippen molar-refractivity contribution in [2.24, 2.45) is 0 Å². The van der Waals surface area contributed by atoms with E-state index < -0.39 is 18.2 Å². The maximum atomic E-state index is 11.1. The monoisotopic (exact) mass is 264 g/mol. The van der Waals surface area contributed by atoms with Crippen molar-refractivity contribution in [1.82, 2.24) is 9.97 Å². The van der Waals surface area contributed by atoms with Gasteiger partial charge >= 0.3 is 5.97 Å². The normalized spacial score (nSPS) is 14.1. The summed E-state index contributed by atoms with van der Waals surface area (Å²) < 4.78 is 4.34. The number of nitrogens with zero attached hydrogens (tertiary/aromatic N) is 1. The van der Waals surface area contributed by atoms with Crippen LogP contribution in [0.15, 0.2) is 18.5 Å². The van der Waals surface area contributed by atoms with Crippen LogP contribution in [0.3, 0.4) is 0 Å². The molecule has 0 radical (unpaired) electrons. The molecule has 7 nitrogen and oxygen atoms in total. The molecule has 0 aliphatic carbocycles. The number of methoxy groups -OCH3 is 1. The summed E-state index contributed by atoms with van der Waals surface area (Å²) in [6.45, 7) is 0. The van der Waals surface area contributed by atoms with Crippen molar-refractivity contribution >= 4 is 23.3 Å². The predicted octanol–water partition coefficient (Wildman–Crippen LogP) is -0.0573. The van der Waals surface area contributed by atoms with E-state index in [0.29, 0.717) is 22.9 Å². The Morgan fingerprint density at radius 3 is 2.89 bits per heavy atom. The molecule has 0 aromatic carbocycles. The largest absolute Gasteiger partial charge is 0.467 e. The second-order valence-corrected chi connectivity index (χ2v) is 3.94. The number of hydrogen-bond acceptors (Lipinski definition) is 6. The Labute approximate surface area is 107 Å². The third kappa shape index (κ3) is 2.33. The van der Waals surface area contributed by atoms with Crippen molar-refractivity contribution in [3.8, 4) is 0 Å². The number of ether oxygens (including phenoxy) is 1. The maximum absolute atomic E-state index is 11.1. The highest BCUT2D eigenvalue weighted by atomic mass is 16.5. The first-order valence-corrected chi connectivity index (χ1v) is 5.44. The van der Waals surface area contributed by atoms with E-state index in [4.69, 9.17) is 0 Å². The van der Waals surface area contributed by atoms with Gasteiger partial charge in [-0.05, 0) is 6.07 Å². The highest BCUT2D eigenvalue weighted by molar-refractivity contribution is 5.95.